The van der Waals surface area contributed by atoms with Crippen LogP contribution in [-0.4, -0.2) is 44.8 Å². The van der Waals surface area contributed by atoms with Gasteiger partial charge in [-0.15, -0.1) is 0 Å². The van der Waals surface area contributed by atoms with Crippen LogP contribution in [0.15, 0.2) is 0 Å². The van der Waals surface area contributed by atoms with Gasteiger partial charge in [0.1, 0.15) is 0 Å². The Balaban J connectivity index is 3.97. The quantitative estimate of drug-likeness (QED) is 0.543. The highest BCUT2D eigenvalue weighted by atomic mass is 16.3. The monoisotopic (exact) mass is 248 g/mol. The largest absolute Gasteiger partial charge is 0.393 e. The molecule has 0 spiro atoms. The second kappa shape index (κ2) is 7.31. The highest BCUT2D eigenvalue weighted by molar-refractivity contribution is 4.77. The zero-order valence-corrected chi connectivity index (χ0v) is 11.4. The van der Waals surface area contributed by atoms with Crippen LogP contribution >= 0.6 is 0 Å². The van der Waals surface area contributed by atoms with E-state index in [-0.39, 0.29) is 24.7 Å². The van der Waals surface area contributed by atoms with Crippen molar-refractivity contribution >= 4 is 0 Å². The first-order valence-electron chi connectivity index (χ1n) is 6.39. The Morgan fingerprint density at radius 2 is 1.18 bits per heavy atom. The molecule has 0 aliphatic carbocycles. The highest BCUT2D eigenvalue weighted by Gasteiger charge is 2.26. The van der Waals surface area contributed by atoms with E-state index in [0.717, 1.165) is 0 Å². The summed E-state index contributed by atoms with van der Waals surface area (Å²) in [5, 5.41) is 38.5. The summed E-state index contributed by atoms with van der Waals surface area (Å²) in [7, 11) is 0. The molecule has 4 nitrogen and oxygen atoms in total. The van der Waals surface area contributed by atoms with Crippen LogP contribution in [0.2, 0.25) is 0 Å². The first-order valence-corrected chi connectivity index (χ1v) is 6.39. The van der Waals surface area contributed by atoms with Crippen LogP contribution < -0.4 is 0 Å². The molecular weight excluding hydrogens is 220 g/mol. The van der Waals surface area contributed by atoms with Gasteiger partial charge in [-0.25, -0.2) is 0 Å². The van der Waals surface area contributed by atoms with Gasteiger partial charge in [0.25, 0.3) is 0 Å². The summed E-state index contributed by atoms with van der Waals surface area (Å²) in [6.45, 7) is 7.56. The van der Waals surface area contributed by atoms with E-state index >= 15 is 0 Å². The average molecular weight is 248 g/mol. The summed E-state index contributed by atoms with van der Waals surface area (Å²) >= 11 is 0. The number of rotatable bonds is 7. The summed E-state index contributed by atoms with van der Waals surface area (Å²) in [6, 6.07) is 0. The Hall–Kier alpha value is -0.160. The molecule has 0 radical (unpaired) electrons. The second-order valence-corrected chi connectivity index (χ2v) is 5.96. The lowest BCUT2D eigenvalue weighted by Gasteiger charge is -2.28. The molecule has 4 heteroatoms. The van der Waals surface area contributed by atoms with Crippen LogP contribution in [0.25, 0.3) is 0 Å². The van der Waals surface area contributed by atoms with Crippen molar-refractivity contribution in [1.29, 1.82) is 0 Å². The third-order valence-corrected chi connectivity index (χ3v) is 3.05. The molecule has 0 aromatic carbocycles. The fourth-order valence-corrected chi connectivity index (χ4v) is 1.60. The van der Waals surface area contributed by atoms with Gasteiger partial charge in [0.2, 0.25) is 0 Å². The van der Waals surface area contributed by atoms with E-state index in [9.17, 15) is 20.4 Å². The first-order chi connectivity index (χ1) is 7.66. The molecule has 0 aromatic heterocycles. The predicted octanol–water partition coefficient (Wildman–Crippen LogP) is 1.06. The molecule has 4 atom stereocenters. The van der Waals surface area contributed by atoms with Gasteiger partial charge >= 0.3 is 0 Å². The molecule has 0 unspecified atom stereocenters. The molecule has 17 heavy (non-hydrogen) atoms. The van der Waals surface area contributed by atoms with Crippen LogP contribution in [0, 0.1) is 5.41 Å². The minimum atomic E-state index is -0.733. The van der Waals surface area contributed by atoms with Crippen LogP contribution in [0.1, 0.15) is 53.4 Å². The Bertz CT molecular complexity index is 200. The summed E-state index contributed by atoms with van der Waals surface area (Å²) in [5.74, 6) is 0. The number of hydrogen-bond donors (Lipinski definition) is 4. The number of aliphatic hydroxyl groups is 4. The molecule has 0 aliphatic heterocycles. The maximum absolute atomic E-state index is 9.81. The van der Waals surface area contributed by atoms with Crippen LogP contribution in [-0.2, 0) is 0 Å². The van der Waals surface area contributed by atoms with E-state index in [1.54, 1.807) is 0 Å². The molecule has 0 saturated carbocycles. The standard InChI is InChI=1S/C13H28O4/c1-5-9(14)6-10(15)7-11(16)8-12(17)13(2,3)4/h9-12,14-17H,5-8H2,1-4H3/t9-,10+,11+,12-/m1/s1. The molecule has 0 bridgehead atoms. The summed E-state index contributed by atoms with van der Waals surface area (Å²) in [6.07, 6.45) is -1.25. The van der Waals surface area contributed by atoms with Gasteiger partial charge in [-0.3, -0.25) is 0 Å². The Morgan fingerprint density at radius 3 is 1.59 bits per heavy atom. The van der Waals surface area contributed by atoms with Gasteiger partial charge in [0.05, 0.1) is 24.4 Å². The van der Waals surface area contributed by atoms with Crippen LogP contribution in [0.5, 0.6) is 0 Å². The first kappa shape index (κ1) is 16.8. The molecular formula is C13H28O4. The fourth-order valence-electron chi connectivity index (χ4n) is 1.60. The van der Waals surface area contributed by atoms with Gasteiger partial charge in [-0.05, 0) is 31.1 Å². The minimum absolute atomic E-state index is 0.199. The van der Waals surface area contributed by atoms with Gasteiger partial charge in [-0.1, -0.05) is 27.7 Å². The molecule has 0 rings (SSSR count). The minimum Gasteiger partial charge on any atom is -0.393 e. The van der Waals surface area contributed by atoms with Crippen molar-refractivity contribution in [2.24, 2.45) is 5.41 Å². The van der Waals surface area contributed by atoms with E-state index in [4.69, 9.17) is 0 Å². The Morgan fingerprint density at radius 1 is 0.765 bits per heavy atom. The number of aliphatic hydroxyl groups excluding tert-OH is 4. The Labute approximate surface area is 104 Å². The SMILES string of the molecule is CC[C@@H](O)C[C@H](O)C[C@H](O)C[C@@H](O)C(C)(C)C. The lowest BCUT2D eigenvalue weighted by Crippen LogP contribution is -2.32. The molecule has 0 aromatic rings. The van der Waals surface area contributed by atoms with E-state index in [0.29, 0.717) is 6.42 Å². The molecule has 0 amide bonds. The van der Waals surface area contributed by atoms with Crippen LogP contribution in [0.3, 0.4) is 0 Å². The third kappa shape index (κ3) is 7.71. The van der Waals surface area contributed by atoms with Gasteiger partial charge in [-0.2, -0.15) is 0 Å². The normalized spacial score (nSPS) is 19.8. The van der Waals surface area contributed by atoms with Crippen molar-refractivity contribution < 1.29 is 20.4 Å². The number of hydrogen-bond acceptors (Lipinski definition) is 4. The molecule has 0 saturated heterocycles. The molecule has 0 heterocycles. The highest BCUT2D eigenvalue weighted by Crippen LogP contribution is 2.24. The summed E-state index contributed by atoms with van der Waals surface area (Å²) in [5.41, 5.74) is -0.269. The topological polar surface area (TPSA) is 80.9 Å². The maximum atomic E-state index is 9.81. The Kier molecular flexibility index (Phi) is 7.24. The second-order valence-electron chi connectivity index (χ2n) is 5.96. The average Bonchev–Trinajstić information content (AvgIpc) is 2.15. The van der Waals surface area contributed by atoms with E-state index < -0.39 is 24.4 Å². The zero-order chi connectivity index (χ0) is 13.6. The predicted molar refractivity (Wildman–Crippen MR) is 67.6 cm³/mol. The van der Waals surface area contributed by atoms with Crippen molar-refractivity contribution in [3.8, 4) is 0 Å². The van der Waals surface area contributed by atoms with E-state index in [1.165, 1.54) is 0 Å². The van der Waals surface area contributed by atoms with Crippen LogP contribution in [0.4, 0.5) is 0 Å². The molecule has 0 aliphatic rings. The van der Waals surface area contributed by atoms with Gasteiger partial charge < -0.3 is 20.4 Å². The van der Waals surface area contributed by atoms with E-state index in [1.807, 2.05) is 27.7 Å². The van der Waals surface area contributed by atoms with Crippen molar-refractivity contribution in [2.75, 3.05) is 0 Å². The zero-order valence-electron chi connectivity index (χ0n) is 11.4. The smallest absolute Gasteiger partial charge is 0.0613 e. The van der Waals surface area contributed by atoms with Gasteiger partial charge in [0, 0.05) is 0 Å². The lowest BCUT2D eigenvalue weighted by atomic mass is 9.85. The third-order valence-electron chi connectivity index (χ3n) is 3.05. The fraction of sp³-hybridized carbons (Fsp3) is 1.00. The van der Waals surface area contributed by atoms with Gasteiger partial charge in [0.15, 0.2) is 0 Å². The van der Waals surface area contributed by atoms with Crippen molar-refractivity contribution in [3.05, 3.63) is 0 Å². The molecule has 0 fully saturated rings. The van der Waals surface area contributed by atoms with Crippen molar-refractivity contribution in [2.45, 2.75) is 77.8 Å². The van der Waals surface area contributed by atoms with E-state index in [2.05, 4.69) is 0 Å². The van der Waals surface area contributed by atoms with Crippen molar-refractivity contribution in [3.63, 3.8) is 0 Å². The molecule has 4 N–H and O–H groups in total. The van der Waals surface area contributed by atoms with Crippen molar-refractivity contribution in [1.82, 2.24) is 0 Å². The maximum Gasteiger partial charge on any atom is 0.0613 e. The molecule has 104 valence electrons. The summed E-state index contributed by atoms with van der Waals surface area (Å²) < 4.78 is 0. The lowest BCUT2D eigenvalue weighted by molar-refractivity contribution is -0.0110. The summed E-state index contributed by atoms with van der Waals surface area (Å²) in [4.78, 5) is 0.